The second kappa shape index (κ2) is 4.42. The monoisotopic (exact) mass is 194 g/mol. The van der Waals surface area contributed by atoms with E-state index in [1.54, 1.807) is 6.08 Å². The third-order valence-electron chi connectivity index (χ3n) is 2.57. The Morgan fingerprint density at radius 3 is 2.57 bits per heavy atom. The topological polar surface area (TPSA) is 46.3 Å². The van der Waals surface area contributed by atoms with Crippen LogP contribution in [0.3, 0.4) is 0 Å². The van der Waals surface area contributed by atoms with E-state index in [1.807, 2.05) is 19.0 Å². The molecular formula is C11H18N2O. The largest absolute Gasteiger partial charge is 0.402 e. The number of Topliss-reactive ketones (excluding diaryl/α,β-unsaturated/α-hetero) is 1. The predicted octanol–water partition coefficient (Wildman–Crippen LogP) is 1.07. The Labute approximate surface area is 85.3 Å². The summed E-state index contributed by atoms with van der Waals surface area (Å²) in [6.45, 7) is 3.74. The van der Waals surface area contributed by atoms with Gasteiger partial charge in [0.2, 0.25) is 0 Å². The molecule has 0 aromatic carbocycles. The first-order chi connectivity index (χ1) is 6.57. The van der Waals surface area contributed by atoms with Crippen LogP contribution in [0.4, 0.5) is 0 Å². The average Bonchev–Trinajstić information content (AvgIpc) is 2.10. The first kappa shape index (κ1) is 11.0. The molecule has 0 aromatic rings. The van der Waals surface area contributed by atoms with Crippen molar-refractivity contribution in [2.45, 2.75) is 25.3 Å². The number of hydrogen-bond donors (Lipinski definition) is 1. The van der Waals surface area contributed by atoms with Crippen LogP contribution in [-0.2, 0) is 4.79 Å². The summed E-state index contributed by atoms with van der Waals surface area (Å²) in [6.07, 6.45) is 4.10. The molecule has 0 fully saturated rings. The molecule has 0 aromatic heterocycles. The lowest BCUT2D eigenvalue weighted by molar-refractivity contribution is -0.116. The molecule has 0 radical (unpaired) electrons. The van der Waals surface area contributed by atoms with Crippen LogP contribution < -0.4 is 5.73 Å². The number of carbonyl (C=O) groups is 1. The van der Waals surface area contributed by atoms with Gasteiger partial charge in [0.25, 0.3) is 0 Å². The maximum atomic E-state index is 11.7. The standard InChI is InChI=1S/C11H18N2O/c1-4-9(13(2)3)11-8(12)6-5-7-10(11)14/h4,9H,1,5-7,12H2,2-3H3. The van der Waals surface area contributed by atoms with Gasteiger partial charge in [-0.15, -0.1) is 6.58 Å². The minimum absolute atomic E-state index is 0.0391. The van der Waals surface area contributed by atoms with E-state index in [4.69, 9.17) is 5.73 Å². The molecule has 0 bridgehead atoms. The predicted molar refractivity (Wildman–Crippen MR) is 57.7 cm³/mol. The first-order valence-corrected chi connectivity index (χ1v) is 4.88. The van der Waals surface area contributed by atoms with Crippen LogP contribution in [0.2, 0.25) is 0 Å². The SMILES string of the molecule is C=CC(C1=C(N)CCCC1=O)N(C)C. The molecule has 0 heterocycles. The summed E-state index contributed by atoms with van der Waals surface area (Å²) in [5.74, 6) is 0.173. The number of nitrogens with zero attached hydrogens (tertiary/aromatic N) is 1. The van der Waals surface area contributed by atoms with Gasteiger partial charge in [0.1, 0.15) is 0 Å². The minimum Gasteiger partial charge on any atom is -0.402 e. The van der Waals surface area contributed by atoms with Gasteiger partial charge in [0.05, 0.1) is 6.04 Å². The molecule has 1 rings (SSSR count). The van der Waals surface area contributed by atoms with Crippen LogP contribution in [0.15, 0.2) is 23.9 Å². The van der Waals surface area contributed by atoms with Crippen LogP contribution in [0.1, 0.15) is 19.3 Å². The Balaban J connectivity index is 3.02. The third kappa shape index (κ3) is 2.04. The normalized spacial score (nSPS) is 20.1. The summed E-state index contributed by atoms with van der Waals surface area (Å²) < 4.78 is 0. The van der Waals surface area contributed by atoms with Crippen LogP contribution >= 0.6 is 0 Å². The van der Waals surface area contributed by atoms with E-state index in [1.165, 1.54) is 0 Å². The number of hydrogen-bond acceptors (Lipinski definition) is 3. The van der Waals surface area contributed by atoms with Crippen LogP contribution in [0, 0.1) is 0 Å². The average molecular weight is 194 g/mol. The fraction of sp³-hybridized carbons (Fsp3) is 0.545. The molecule has 0 saturated carbocycles. The number of rotatable bonds is 3. The highest BCUT2D eigenvalue weighted by Crippen LogP contribution is 2.23. The Bertz CT molecular complexity index is 279. The second-order valence-electron chi connectivity index (χ2n) is 3.86. The second-order valence-corrected chi connectivity index (χ2v) is 3.86. The van der Waals surface area contributed by atoms with Gasteiger partial charge < -0.3 is 5.73 Å². The van der Waals surface area contributed by atoms with E-state index in [-0.39, 0.29) is 11.8 Å². The first-order valence-electron chi connectivity index (χ1n) is 4.88. The molecule has 1 atom stereocenters. The number of likely N-dealkylation sites (N-methyl/N-ethyl adjacent to an activating group) is 1. The zero-order valence-corrected chi connectivity index (χ0v) is 8.92. The van der Waals surface area contributed by atoms with E-state index in [2.05, 4.69) is 6.58 Å². The van der Waals surface area contributed by atoms with E-state index >= 15 is 0 Å². The summed E-state index contributed by atoms with van der Waals surface area (Å²) in [7, 11) is 3.85. The van der Waals surface area contributed by atoms with Gasteiger partial charge >= 0.3 is 0 Å². The molecular weight excluding hydrogens is 176 g/mol. The number of nitrogens with two attached hydrogens (primary N) is 1. The molecule has 0 saturated heterocycles. The fourth-order valence-corrected chi connectivity index (χ4v) is 1.83. The van der Waals surface area contributed by atoms with Crippen molar-refractivity contribution in [2.24, 2.45) is 5.73 Å². The molecule has 0 aliphatic heterocycles. The lowest BCUT2D eigenvalue weighted by Crippen LogP contribution is -2.34. The lowest BCUT2D eigenvalue weighted by atomic mass is 9.89. The quantitative estimate of drug-likeness (QED) is 0.683. The lowest BCUT2D eigenvalue weighted by Gasteiger charge is -2.27. The van der Waals surface area contributed by atoms with Crippen molar-refractivity contribution >= 4 is 5.78 Å². The van der Waals surface area contributed by atoms with Gasteiger partial charge in [-0.2, -0.15) is 0 Å². The van der Waals surface area contributed by atoms with Gasteiger partial charge in [0.15, 0.2) is 5.78 Å². The Kier molecular flexibility index (Phi) is 3.47. The van der Waals surface area contributed by atoms with Crippen molar-refractivity contribution in [3.05, 3.63) is 23.9 Å². The van der Waals surface area contributed by atoms with Crippen molar-refractivity contribution in [2.75, 3.05) is 14.1 Å². The molecule has 1 aliphatic carbocycles. The van der Waals surface area contributed by atoms with E-state index in [0.717, 1.165) is 24.1 Å². The van der Waals surface area contributed by atoms with Gasteiger partial charge in [-0.1, -0.05) is 6.08 Å². The molecule has 0 spiro atoms. The molecule has 3 nitrogen and oxygen atoms in total. The van der Waals surface area contributed by atoms with Gasteiger partial charge in [-0.25, -0.2) is 0 Å². The van der Waals surface area contributed by atoms with Crippen molar-refractivity contribution in [1.82, 2.24) is 4.90 Å². The number of allylic oxidation sites excluding steroid dienone is 1. The van der Waals surface area contributed by atoms with Crippen LogP contribution in [0.5, 0.6) is 0 Å². The van der Waals surface area contributed by atoms with Gasteiger partial charge in [-0.05, 0) is 26.9 Å². The Morgan fingerprint density at radius 1 is 1.50 bits per heavy atom. The van der Waals surface area contributed by atoms with E-state index in [0.29, 0.717) is 6.42 Å². The molecule has 78 valence electrons. The van der Waals surface area contributed by atoms with E-state index < -0.39 is 0 Å². The number of carbonyl (C=O) groups excluding carboxylic acids is 1. The van der Waals surface area contributed by atoms with Gasteiger partial charge in [-0.3, -0.25) is 9.69 Å². The molecule has 1 aliphatic rings. The highest BCUT2D eigenvalue weighted by atomic mass is 16.1. The molecule has 1 unspecified atom stereocenters. The van der Waals surface area contributed by atoms with Crippen LogP contribution in [-0.4, -0.2) is 30.8 Å². The van der Waals surface area contributed by atoms with Crippen molar-refractivity contribution in [1.29, 1.82) is 0 Å². The summed E-state index contributed by atoms with van der Waals surface area (Å²) in [4.78, 5) is 13.7. The summed E-state index contributed by atoms with van der Waals surface area (Å²) >= 11 is 0. The summed E-state index contributed by atoms with van der Waals surface area (Å²) in [6, 6.07) is -0.0391. The third-order valence-corrected chi connectivity index (χ3v) is 2.57. The smallest absolute Gasteiger partial charge is 0.162 e. The Hall–Kier alpha value is -1.09. The van der Waals surface area contributed by atoms with Crippen molar-refractivity contribution in [3.63, 3.8) is 0 Å². The van der Waals surface area contributed by atoms with Gasteiger partial charge in [0, 0.05) is 17.7 Å². The maximum absolute atomic E-state index is 11.7. The Morgan fingerprint density at radius 2 is 2.14 bits per heavy atom. The minimum atomic E-state index is -0.0391. The summed E-state index contributed by atoms with van der Waals surface area (Å²) in [5, 5.41) is 0. The van der Waals surface area contributed by atoms with E-state index in [9.17, 15) is 4.79 Å². The molecule has 0 amide bonds. The summed E-state index contributed by atoms with van der Waals surface area (Å²) in [5.41, 5.74) is 7.35. The van der Waals surface area contributed by atoms with Crippen molar-refractivity contribution in [3.8, 4) is 0 Å². The fourth-order valence-electron chi connectivity index (χ4n) is 1.83. The zero-order valence-electron chi connectivity index (χ0n) is 8.92. The maximum Gasteiger partial charge on any atom is 0.162 e. The molecule has 3 heteroatoms. The molecule has 14 heavy (non-hydrogen) atoms. The highest BCUT2D eigenvalue weighted by Gasteiger charge is 2.25. The van der Waals surface area contributed by atoms with Crippen molar-refractivity contribution < 1.29 is 4.79 Å². The highest BCUT2D eigenvalue weighted by molar-refractivity contribution is 5.98. The number of ketones is 1. The zero-order chi connectivity index (χ0) is 10.7. The molecule has 2 N–H and O–H groups in total. The van der Waals surface area contributed by atoms with Crippen LogP contribution in [0.25, 0.3) is 0 Å².